The summed E-state index contributed by atoms with van der Waals surface area (Å²) in [5.41, 5.74) is 0. The molecule has 1 rings (SSSR count). The molecule has 0 saturated heterocycles. The van der Waals surface area contributed by atoms with Crippen LogP contribution < -0.4 is 5.32 Å². The van der Waals surface area contributed by atoms with Gasteiger partial charge in [0.2, 0.25) is 0 Å². The van der Waals surface area contributed by atoms with Gasteiger partial charge in [0, 0.05) is 20.1 Å². The van der Waals surface area contributed by atoms with Crippen molar-refractivity contribution in [2.24, 2.45) is 0 Å². The van der Waals surface area contributed by atoms with Crippen molar-refractivity contribution in [2.45, 2.75) is 25.1 Å². The molecule has 1 aromatic heterocycles. The summed E-state index contributed by atoms with van der Waals surface area (Å²) in [5.74, 6) is 0.954. The van der Waals surface area contributed by atoms with E-state index in [9.17, 15) is 4.79 Å². The quantitative estimate of drug-likeness (QED) is 0.764. The van der Waals surface area contributed by atoms with Crippen LogP contribution in [0.4, 0.5) is 0 Å². The zero-order valence-corrected chi connectivity index (χ0v) is 10.9. The highest BCUT2D eigenvalue weighted by atomic mass is 35.5. The topological polar surface area (TPSA) is 51.5 Å². The van der Waals surface area contributed by atoms with Gasteiger partial charge in [-0.05, 0) is 18.6 Å². The van der Waals surface area contributed by atoms with Crippen LogP contribution in [0.15, 0.2) is 16.5 Å². The van der Waals surface area contributed by atoms with Crippen LogP contribution in [0, 0.1) is 0 Å². The molecule has 5 heteroatoms. The number of furan rings is 1. The van der Waals surface area contributed by atoms with Crippen LogP contribution in [0.2, 0.25) is 0 Å². The predicted molar refractivity (Wildman–Crippen MR) is 66.6 cm³/mol. The van der Waals surface area contributed by atoms with Crippen molar-refractivity contribution in [2.75, 3.05) is 20.3 Å². The Labute approximate surface area is 106 Å². The van der Waals surface area contributed by atoms with Gasteiger partial charge in [-0.3, -0.25) is 4.79 Å². The lowest BCUT2D eigenvalue weighted by Crippen LogP contribution is -2.26. The summed E-state index contributed by atoms with van der Waals surface area (Å²) < 4.78 is 10.2. The standard InChI is InChI=1S/C12H18ClNO3/c1-3-10-4-5-11(17-10)12(15)14-7-6-9(13)8-16-2/h4-5,9H,3,6-8H2,1-2H3,(H,14,15). The molecule has 4 nitrogen and oxygen atoms in total. The number of carbonyl (C=O) groups is 1. The van der Waals surface area contributed by atoms with Crippen molar-refractivity contribution in [3.8, 4) is 0 Å². The first-order valence-electron chi connectivity index (χ1n) is 5.67. The molecule has 0 aliphatic carbocycles. The van der Waals surface area contributed by atoms with E-state index in [-0.39, 0.29) is 11.3 Å². The number of rotatable bonds is 7. The fourth-order valence-corrected chi connectivity index (χ4v) is 1.62. The summed E-state index contributed by atoms with van der Waals surface area (Å²) in [5, 5.41) is 2.67. The second-order valence-corrected chi connectivity index (χ2v) is 4.33. The van der Waals surface area contributed by atoms with Gasteiger partial charge in [-0.25, -0.2) is 0 Å². The van der Waals surface area contributed by atoms with Crippen molar-refractivity contribution in [1.29, 1.82) is 0 Å². The maximum Gasteiger partial charge on any atom is 0.286 e. The van der Waals surface area contributed by atoms with E-state index in [0.717, 1.165) is 12.2 Å². The van der Waals surface area contributed by atoms with Gasteiger partial charge in [-0.1, -0.05) is 6.92 Å². The molecule has 1 aromatic rings. The zero-order chi connectivity index (χ0) is 12.7. The maximum atomic E-state index is 11.6. The monoisotopic (exact) mass is 259 g/mol. The minimum atomic E-state index is -0.203. The van der Waals surface area contributed by atoms with E-state index in [1.54, 1.807) is 13.2 Å². The van der Waals surface area contributed by atoms with Crippen LogP contribution in [-0.4, -0.2) is 31.5 Å². The number of aryl methyl sites for hydroxylation is 1. The van der Waals surface area contributed by atoms with E-state index >= 15 is 0 Å². The van der Waals surface area contributed by atoms with E-state index in [4.69, 9.17) is 20.8 Å². The molecule has 0 spiro atoms. The lowest BCUT2D eigenvalue weighted by atomic mass is 10.3. The first kappa shape index (κ1) is 14.1. The number of alkyl halides is 1. The second-order valence-electron chi connectivity index (χ2n) is 3.72. The molecule has 17 heavy (non-hydrogen) atoms. The summed E-state index contributed by atoms with van der Waals surface area (Å²) in [7, 11) is 1.60. The van der Waals surface area contributed by atoms with Crippen molar-refractivity contribution < 1.29 is 13.9 Å². The Morgan fingerprint density at radius 3 is 2.94 bits per heavy atom. The van der Waals surface area contributed by atoms with Crippen LogP contribution in [0.25, 0.3) is 0 Å². The normalized spacial score (nSPS) is 12.4. The van der Waals surface area contributed by atoms with E-state index in [1.807, 2.05) is 13.0 Å². The van der Waals surface area contributed by atoms with E-state index in [1.165, 1.54) is 0 Å². The van der Waals surface area contributed by atoms with Gasteiger partial charge in [-0.2, -0.15) is 0 Å². The molecule has 0 saturated carbocycles. The third-order valence-corrected chi connectivity index (χ3v) is 2.67. The Morgan fingerprint density at radius 1 is 1.59 bits per heavy atom. The number of nitrogens with one attached hydrogen (secondary N) is 1. The smallest absolute Gasteiger partial charge is 0.286 e. The van der Waals surface area contributed by atoms with Crippen molar-refractivity contribution in [3.05, 3.63) is 23.7 Å². The van der Waals surface area contributed by atoms with Crippen molar-refractivity contribution in [1.82, 2.24) is 5.32 Å². The highest BCUT2D eigenvalue weighted by Gasteiger charge is 2.11. The minimum Gasteiger partial charge on any atom is -0.456 e. The number of amides is 1. The molecule has 1 heterocycles. The number of methoxy groups -OCH3 is 1. The third-order valence-electron chi connectivity index (χ3n) is 2.32. The Morgan fingerprint density at radius 2 is 2.35 bits per heavy atom. The van der Waals surface area contributed by atoms with Crippen LogP contribution in [-0.2, 0) is 11.2 Å². The van der Waals surface area contributed by atoms with Gasteiger partial charge >= 0.3 is 0 Å². The summed E-state index contributed by atoms with van der Waals surface area (Å²) >= 11 is 5.94. The average molecular weight is 260 g/mol. The Balaban J connectivity index is 2.29. The third kappa shape index (κ3) is 4.79. The fourth-order valence-electron chi connectivity index (χ4n) is 1.38. The molecule has 1 amide bonds. The van der Waals surface area contributed by atoms with Gasteiger partial charge in [0.25, 0.3) is 5.91 Å². The van der Waals surface area contributed by atoms with Crippen LogP contribution in [0.1, 0.15) is 29.7 Å². The molecule has 0 aliphatic heterocycles. The molecule has 0 aromatic carbocycles. The van der Waals surface area contributed by atoms with Gasteiger partial charge in [0.15, 0.2) is 5.76 Å². The van der Waals surface area contributed by atoms with Gasteiger partial charge in [0.1, 0.15) is 5.76 Å². The summed E-state index contributed by atoms with van der Waals surface area (Å²) in [6.45, 7) is 2.97. The fraction of sp³-hybridized carbons (Fsp3) is 0.583. The number of hydrogen-bond donors (Lipinski definition) is 1. The number of hydrogen-bond acceptors (Lipinski definition) is 3. The van der Waals surface area contributed by atoms with Crippen LogP contribution in [0.3, 0.4) is 0 Å². The molecule has 0 radical (unpaired) electrons. The molecular formula is C12H18ClNO3. The van der Waals surface area contributed by atoms with Gasteiger partial charge < -0.3 is 14.5 Å². The number of halogens is 1. The minimum absolute atomic E-state index is 0.0805. The second kappa shape index (κ2) is 7.35. The van der Waals surface area contributed by atoms with Crippen molar-refractivity contribution >= 4 is 17.5 Å². The highest BCUT2D eigenvalue weighted by molar-refractivity contribution is 6.20. The predicted octanol–water partition coefficient (Wildman–Crippen LogP) is 2.22. The molecule has 0 aliphatic rings. The van der Waals surface area contributed by atoms with Gasteiger partial charge in [-0.15, -0.1) is 11.6 Å². The highest BCUT2D eigenvalue weighted by Crippen LogP contribution is 2.08. The first-order chi connectivity index (χ1) is 8.17. The molecular weight excluding hydrogens is 242 g/mol. The zero-order valence-electron chi connectivity index (χ0n) is 10.2. The lowest BCUT2D eigenvalue weighted by Gasteiger charge is -2.08. The SMILES string of the molecule is CCc1ccc(C(=O)NCCC(Cl)COC)o1. The van der Waals surface area contributed by atoms with Crippen molar-refractivity contribution in [3.63, 3.8) is 0 Å². The number of ether oxygens (including phenoxy) is 1. The lowest BCUT2D eigenvalue weighted by molar-refractivity contribution is 0.0922. The Kier molecular flexibility index (Phi) is 6.08. The molecule has 1 atom stereocenters. The molecule has 0 fully saturated rings. The largest absolute Gasteiger partial charge is 0.456 e. The maximum absolute atomic E-state index is 11.6. The average Bonchev–Trinajstić information content (AvgIpc) is 2.77. The summed E-state index contributed by atoms with van der Waals surface area (Å²) in [6, 6.07) is 3.49. The van der Waals surface area contributed by atoms with Crippen LogP contribution >= 0.6 is 11.6 Å². The van der Waals surface area contributed by atoms with E-state index in [2.05, 4.69) is 5.32 Å². The first-order valence-corrected chi connectivity index (χ1v) is 6.11. The van der Waals surface area contributed by atoms with E-state index in [0.29, 0.717) is 25.3 Å². The molecule has 1 N–H and O–H groups in total. The molecule has 0 bridgehead atoms. The van der Waals surface area contributed by atoms with Gasteiger partial charge in [0.05, 0.1) is 12.0 Å². The number of carbonyl (C=O) groups excluding carboxylic acids is 1. The Bertz CT molecular complexity index is 351. The molecule has 1 unspecified atom stereocenters. The molecule has 96 valence electrons. The summed E-state index contributed by atoms with van der Waals surface area (Å²) in [6.07, 6.45) is 1.45. The Hall–Kier alpha value is -1.00. The summed E-state index contributed by atoms with van der Waals surface area (Å²) in [4.78, 5) is 11.6. The van der Waals surface area contributed by atoms with E-state index < -0.39 is 0 Å². The van der Waals surface area contributed by atoms with Crippen LogP contribution in [0.5, 0.6) is 0 Å².